The number of ether oxygens (including phenoxy) is 1. The van der Waals surface area contributed by atoms with Gasteiger partial charge in [0.25, 0.3) is 0 Å². The maximum atomic E-state index is 12.7. The summed E-state index contributed by atoms with van der Waals surface area (Å²) in [6, 6.07) is 6.78. The second-order valence-electron chi connectivity index (χ2n) is 6.85. The molecule has 1 atom stereocenters. The van der Waals surface area contributed by atoms with Crippen molar-refractivity contribution in [3.63, 3.8) is 0 Å². The van der Waals surface area contributed by atoms with Gasteiger partial charge >= 0.3 is 15.6 Å². The summed E-state index contributed by atoms with van der Waals surface area (Å²) >= 11 is 0. The summed E-state index contributed by atoms with van der Waals surface area (Å²) in [6.07, 6.45) is 1.50. The van der Waals surface area contributed by atoms with Crippen molar-refractivity contribution in [2.45, 2.75) is 30.9 Å². The van der Waals surface area contributed by atoms with Gasteiger partial charge in [-0.1, -0.05) is 31.8 Å². The van der Waals surface area contributed by atoms with Crippen molar-refractivity contribution >= 4 is 28.5 Å². The second-order valence-corrected chi connectivity index (χ2v) is 17.7. The third-order valence-electron chi connectivity index (χ3n) is 2.91. The van der Waals surface area contributed by atoms with Crippen LogP contribution in [0.25, 0.3) is 0 Å². The Morgan fingerprint density at radius 2 is 1.58 bits per heavy atom. The molecule has 1 unspecified atom stereocenters. The molecule has 1 aromatic rings. The maximum Gasteiger partial charge on any atom is 0.523 e. The lowest BCUT2D eigenvalue weighted by Crippen LogP contribution is -2.35. The number of rotatable bonds is 7. The first-order valence-electron chi connectivity index (χ1n) is 7.06. The van der Waals surface area contributed by atoms with Crippen LogP contribution < -0.4 is 4.74 Å². The third kappa shape index (κ3) is 6.30. The molecule has 0 heterocycles. The highest BCUT2D eigenvalue weighted by Gasteiger charge is 2.50. The van der Waals surface area contributed by atoms with Crippen molar-refractivity contribution in [1.82, 2.24) is 0 Å². The lowest BCUT2D eigenvalue weighted by molar-refractivity contribution is -0.0496. The fourth-order valence-corrected chi connectivity index (χ4v) is 13.8. The summed E-state index contributed by atoms with van der Waals surface area (Å²) in [7, 11) is -8.48. The number of benzene rings is 1. The van der Waals surface area contributed by atoms with E-state index < -0.39 is 34.0 Å². The van der Waals surface area contributed by atoms with E-state index in [0.717, 1.165) is 0 Å². The molecule has 0 saturated carbocycles. The lowest BCUT2D eigenvalue weighted by Gasteiger charge is -2.39. The van der Waals surface area contributed by atoms with Crippen molar-refractivity contribution < 1.29 is 30.0 Å². The molecule has 1 aromatic carbocycles. The summed E-state index contributed by atoms with van der Waals surface area (Å²) in [5.74, 6) is 0.751. The van der Waals surface area contributed by atoms with Crippen molar-refractivity contribution in [2.75, 3.05) is 18.7 Å². The Morgan fingerprint density at radius 1 is 1.08 bits per heavy atom. The molecule has 0 N–H and O–H groups in total. The highest BCUT2D eigenvalue weighted by molar-refractivity contribution is 8.32. The van der Waals surface area contributed by atoms with Crippen LogP contribution in [0.3, 0.4) is 0 Å². The van der Waals surface area contributed by atoms with E-state index in [1.54, 1.807) is 24.3 Å². The van der Waals surface area contributed by atoms with Gasteiger partial charge in [0, 0.05) is 5.75 Å². The number of hydrogen-bond donors (Lipinski definition) is 0. The highest BCUT2D eigenvalue weighted by atomic mass is 32.3. The molecule has 0 aliphatic carbocycles. The Morgan fingerprint density at radius 3 is 1.96 bits per heavy atom. The molecular weight excluding hydrogens is 381 g/mol. The zero-order valence-electron chi connectivity index (χ0n) is 14.3. The van der Waals surface area contributed by atoms with E-state index in [-0.39, 0.29) is 5.75 Å². The van der Waals surface area contributed by atoms with Crippen LogP contribution in [0.2, 0.25) is 19.6 Å². The molecule has 0 radical (unpaired) electrons. The molecule has 0 amide bonds. The first kappa shape index (κ1) is 21.3. The molecule has 0 aromatic heterocycles. The molecule has 0 spiro atoms. The first-order valence-corrected chi connectivity index (χ1v) is 14.5. The van der Waals surface area contributed by atoms with Gasteiger partial charge in [-0.2, -0.15) is 21.6 Å². The van der Waals surface area contributed by atoms with Crippen molar-refractivity contribution in [3.05, 3.63) is 29.8 Å². The molecule has 0 saturated heterocycles. The SMILES string of the molecule is COc1ccc(CS(C)(C[Si](C)(C)C)OS(=O)(=O)C(F)(F)F)cc1. The maximum absolute atomic E-state index is 12.7. The molecule has 4 nitrogen and oxygen atoms in total. The average molecular weight is 405 g/mol. The number of alkyl halides is 3. The molecule has 140 valence electrons. The monoisotopic (exact) mass is 404 g/mol. The molecule has 0 aliphatic rings. The number of methoxy groups -OCH3 is 1. The fraction of sp³-hybridized carbons (Fsp3) is 0.571. The van der Waals surface area contributed by atoms with Gasteiger partial charge in [0.15, 0.2) is 0 Å². The van der Waals surface area contributed by atoms with Gasteiger partial charge in [-0.25, -0.2) is 3.63 Å². The topological polar surface area (TPSA) is 52.6 Å². The Labute approximate surface area is 144 Å². The highest BCUT2D eigenvalue weighted by Crippen LogP contribution is 2.53. The smallest absolute Gasteiger partial charge is 0.497 e. The normalized spacial score (nSPS) is 17.2. The molecule has 1 rings (SSSR count). The number of halogens is 3. The largest absolute Gasteiger partial charge is 0.523 e. The molecule has 0 fully saturated rings. The van der Waals surface area contributed by atoms with E-state index in [0.29, 0.717) is 16.7 Å². The minimum absolute atomic E-state index is 0.135. The first-order chi connectivity index (χ1) is 10.7. The van der Waals surface area contributed by atoms with Gasteiger partial charge in [0.2, 0.25) is 0 Å². The van der Waals surface area contributed by atoms with Crippen LogP contribution in [0.4, 0.5) is 13.2 Å². The van der Waals surface area contributed by atoms with Crippen LogP contribution in [0.1, 0.15) is 5.56 Å². The van der Waals surface area contributed by atoms with Crippen LogP contribution in [-0.4, -0.2) is 40.7 Å². The molecule has 0 bridgehead atoms. The van der Waals surface area contributed by atoms with Gasteiger partial charge in [0.1, 0.15) is 5.75 Å². The van der Waals surface area contributed by atoms with Crippen LogP contribution in [0.15, 0.2) is 24.3 Å². The Bertz CT molecular complexity index is 654. The van der Waals surface area contributed by atoms with Gasteiger partial charge in [0.05, 0.1) is 15.2 Å². The zero-order chi connectivity index (χ0) is 18.8. The van der Waals surface area contributed by atoms with Crippen LogP contribution >= 0.6 is 10.3 Å². The summed E-state index contributed by atoms with van der Waals surface area (Å²) in [5, 5.41) is 0.349. The van der Waals surface area contributed by atoms with Gasteiger partial charge in [-0.15, -0.1) is 10.3 Å². The molecule has 10 heteroatoms. The summed E-state index contributed by atoms with van der Waals surface area (Å²) in [6.45, 7) is 5.90. The van der Waals surface area contributed by atoms with E-state index in [2.05, 4.69) is 0 Å². The Balaban J connectivity index is 3.14. The molecular formula is C14H23F3O4S2Si. The predicted molar refractivity (Wildman–Crippen MR) is 94.5 cm³/mol. The van der Waals surface area contributed by atoms with Crippen molar-refractivity contribution in [1.29, 1.82) is 0 Å². The zero-order valence-corrected chi connectivity index (χ0v) is 16.9. The second kappa shape index (κ2) is 7.26. The summed E-state index contributed by atoms with van der Waals surface area (Å²) < 4.78 is 71.0. The standard InChI is InChI=1S/C14H23F3O4S2Si/c1-20-13-8-6-12(7-9-13)10-22(2,11-24(3,4)5)21-23(18,19)14(15,16)17/h6-9H,10-11H2,1-5H3. The Hall–Kier alpha value is -0.713. The third-order valence-corrected chi connectivity index (χ3v) is 12.4. The van der Waals surface area contributed by atoms with E-state index in [4.69, 9.17) is 8.37 Å². The quantitative estimate of drug-likeness (QED) is 0.503. The van der Waals surface area contributed by atoms with Gasteiger partial charge in [-0.05, 0) is 29.3 Å². The minimum atomic E-state index is -5.63. The van der Waals surface area contributed by atoms with Crippen LogP contribution in [0.5, 0.6) is 5.75 Å². The van der Waals surface area contributed by atoms with E-state index in [1.165, 1.54) is 13.4 Å². The average Bonchev–Trinajstić information content (AvgIpc) is 2.34. The van der Waals surface area contributed by atoms with Crippen molar-refractivity contribution in [3.8, 4) is 5.75 Å². The van der Waals surface area contributed by atoms with E-state index >= 15 is 0 Å². The number of hydrogen-bond acceptors (Lipinski definition) is 4. The van der Waals surface area contributed by atoms with E-state index in [9.17, 15) is 21.6 Å². The van der Waals surface area contributed by atoms with Gasteiger partial charge < -0.3 is 4.74 Å². The minimum Gasteiger partial charge on any atom is -0.497 e. The fourth-order valence-electron chi connectivity index (χ4n) is 2.34. The predicted octanol–water partition coefficient (Wildman–Crippen LogP) is 4.29. The summed E-state index contributed by atoms with van der Waals surface area (Å²) in [4.78, 5) is 0. The Kier molecular flexibility index (Phi) is 6.46. The molecule has 24 heavy (non-hydrogen) atoms. The van der Waals surface area contributed by atoms with Crippen LogP contribution in [0, 0.1) is 0 Å². The lowest BCUT2D eigenvalue weighted by atomic mass is 10.2. The summed E-state index contributed by atoms with van der Waals surface area (Å²) in [5.41, 5.74) is -4.70. The van der Waals surface area contributed by atoms with Gasteiger partial charge in [-0.3, -0.25) is 0 Å². The van der Waals surface area contributed by atoms with Crippen LogP contribution in [-0.2, 0) is 19.5 Å². The molecule has 0 aliphatic heterocycles. The van der Waals surface area contributed by atoms with E-state index in [1.807, 2.05) is 19.6 Å². The van der Waals surface area contributed by atoms with Crippen molar-refractivity contribution in [2.24, 2.45) is 0 Å².